The highest BCUT2D eigenvalue weighted by Crippen LogP contribution is 2.22. The fraction of sp³-hybridized carbons (Fsp3) is 0.333. The van der Waals surface area contributed by atoms with Gasteiger partial charge in [0.2, 0.25) is 11.0 Å². The maximum absolute atomic E-state index is 12.9. The van der Waals surface area contributed by atoms with E-state index in [0.29, 0.717) is 32.4 Å². The average molecular weight is 432 g/mol. The number of hydrogen-bond acceptors (Lipinski definition) is 5. The maximum atomic E-state index is 12.9. The lowest BCUT2D eigenvalue weighted by molar-refractivity contribution is -0.117. The van der Waals surface area contributed by atoms with E-state index in [2.05, 4.69) is 17.2 Å². The van der Waals surface area contributed by atoms with Crippen molar-refractivity contribution in [2.45, 2.75) is 30.4 Å². The lowest BCUT2D eigenvalue weighted by Gasteiger charge is -2.31. The maximum Gasteiger partial charge on any atom is 0.287 e. The molecule has 160 valence electrons. The van der Waals surface area contributed by atoms with Gasteiger partial charge in [-0.15, -0.1) is 0 Å². The average Bonchev–Trinajstić information content (AvgIpc) is 3.26. The standard InChI is InChI=1S/C21H25N3O5S/c1-2-19(25)23-17-9-6-14-24(15-17)30(27,28)20-11-10-18(29-20)21(26)22-13-12-16-7-4-3-5-8-16/h2-5,7-8,10-11,17H,1,6,9,12-15H2,(H,22,26)(H,23,25)/t17-/m0/s1. The predicted octanol–water partition coefficient (Wildman–Crippen LogP) is 1.71. The first-order chi connectivity index (χ1) is 14.4. The second-order valence-electron chi connectivity index (χ2n) is 7.03. The van der Waals surface area contributed by atoms with Crippen molar-refractivity contribution in [1.82, 2.24) is 14.9 Å². The molecule has 0 bridgehead atoms. The quantitative estimate of drug-likeness (QED) is 0.619. The Kier molecular flexibility index (Phi) is 7.07. The first-order valence-electron chi connectivity index (χ1n) is 9.75. The fourth-order valence-corrected chi connectivity index (χ4v) is 4.73. The van der Waals surface area contributed by atoms with Crippen molar-refractivity contribution in [3.05, 3.63) is 66.4 Å². The van der Waals surface area contributed by atoms with Gasteiger partial charge in [0.1, 0.15) is 0 Å². The number of nitrogens with one attached hydrogen (secondary N) is 2. The van der Waals surface area contributed by atoms with Crippen LogP contribution in [0.4, 0.5) is 0 Å². The zero-order chi connectivity index (χ0) is 21.6. The molecule has 0 radical (unpaired) electrons. The molecule has 0 saturated carbocycles. The normalized spacial score (nSPS) is 17.3. The Labute approximate surface area is 176 Å². The fourth-order valence-electron chi connectivity index (χ4n) is 3.30. The van der Waals surface area contributed by atoms with Crippen LogP contribution in [0, 0.1) is 0 Å². The van der Waals surface area contributed by atoms with Crippen molar-refractivity contribution < 1.29 is 22.4 Å². The molecule has 2 aromatic rings. The summed E-state index contributed by atoms with van der Waals surface area (Å²) in [6.07, 6.45) is 3.10. The number of hydrogen-bond donors (Lipinski definition) is 2. The molecule has 1 saturated heterocycles. The van der Waals surface area contributed by atoms with E-state index in [1.807, 2.05) is 30.3 Å². The molecule has 1 aromatic heterocycles. The molecule has 3 rings (SSSR count). The van der Waals surface area contributed by atoms with Gasteiger partial charge in [0.15, 0.2) is 5.76 Å². The molecule has 2 heterocycles. The topological polar surface area (TPSA) is 109 Å². The van der Waals surface area contributed by atoms with Crippen molar-refractivity contribution >= 4 is 21.8 Å². The molecule has 0 unspecified atom stereocenters. The molecule has 1 atom stereocenters. The summed E-state index contributed by atoms with van der Waals surface area (Å²) < 4.78 is 32.4. The number of nitrogens with zero attached hydrogens (tertiary/aromatic N) is 1. The van der Waals surface area contributed by atoms with Crippen molar-refractivity contribution in [3.63, 3.8) is 0 Å². The summed E-state index contributed by atoms with van der Waals surface area (Å²) in [7, 11) is -3.90. The van der Waals surface area contributed by atoms with E-state index >= 15 is 0 Å². The number of sulfonamides is 1. The molecule has 8 nitrogen and oxygen atoms in total. The molecule has 0 spiro atoms. The van der Waals surface area contributed by atoms with Crippen LogP contribution >= 0.6 is 0 Å². The summed E-state index contributed by atoms with van der Waals surface area (Å²) in [5.74, 6) is -0.871. The van der Waals surface area contributed by atoms with E-state index < -0.39 is 15.9 Å². The van der Waals surface area contributed by atoms with Crippen LogP contribution in [0.5, 0.6) is 0 Å². The van der Waals surface area contributed by atoms with Gasteiger partial charge >= 0.3 is 0 Å². The largest absolute Gasteiger partial charge is 0.438 e. The first-order valence-corrected chi connectivity index (χ1v) is 11.2. The summed E-state index contributed by atoms with van der Waals surface area (Å²) in [6.45, 7) is 4.27. The van der Waals surface area contributed by atoms with Gasteiger partial charge in [-0.1, -0.05) is 36.9 Å². The van der Waals surface area contributed by atoms with Gasteiger partial charge in [0.05, 0.1) is 0 Å². The number of rotatable bonds is 8. The lowest BCUT2D eigenvalue weighted by Crippen LogP contribution is -2.49. The van der Waals surface area contributed by atoms with E-state index in [1.54, 1.807) is 0 Å². The summed E-state index contributed by atoms with van der Waals surface area (Å²) in [4.78, 5) is 23.8. The van der Waals surface area contributed by atoms with Gasteiger partial charge in [0, 0.05) is 25.7 Å². The molecule has 2 amide bonds. The van der Waals surface area contributed by atoms with Crippen LogP contribution < -0.4 is 10.6 Å². The summed E-state index contributed by atoms with van der Waals surface area (Å²) >= 11 is 0. The number of carbonyl (C=O) groups excluding carboxylic acids is 2. The Morgan fingerprint density at radius 3 is 2.70 bits per heavy atom. The molecular formula is C21H25N3O5S. The number of carbonyl (C=O) groups is 2. The third-order valence-electron chi connectivity index (χ3n) is 4.86. The lowest BCUT2D eigenvalue weighted by atomic mass is 10.1. The van der Waals surface area contributed by atoms with Crippen molar-refractivity contribution in [3.8, 4) is 0 Å². The van der Waals surface area contributed by atoms with Crippen molar-refractivity contribution in [2.75, 3.05) is 19.6 Å². The predicted molar refractivity (Wildman–Crippen MR) is 111 cm³/mol. The molecule has 9 heteroatoms. The van der Waals surface area contributed by atoms with Gasteiger partial charge in [0.25, 0.3) is 15.9 Å². The minimum absolute atomic E-state index is 0.0600. The van der Waals surface area contributed by atoms with Crippen LogP contribution in [0.1, 0.15) is 29.0 Å². The third-order valence-corrected chi connectivity index (χ3v) is 6.60. The molecule has 1 fully saturated rings. The summed E-state index contributed by atoms with van der Waals surface area (Å²) in [6, 6.07) is 12.0. The van der Waals surface area contributed by atoms with Crippen molar-refractivity contribution in [1.29, 1.82) is 0 Å². The third kappa shape index (κ3) is 5.37. The molecule has 2 N–H and O–H groups in total. The number of benzene rings is 1. The van der Waals surface area contributed by atoms with Gasteiger partial charge in [-0.2, -0.15) is 4.31 Å². The zero-order valence-corrected chi connectivity index (χ0v) is 17.4. The number of furan rings is 1. The number of amides is 2. The molecule has 30 heavy (non-hydrogen) atoms. The van der Waals surface area contributed by atoms with Crippen LogP contribution in [0.15, 0.2) is 64.6 Å². The van der Waals surface area contributed by atoms with E-state index in [1.165, 1.54) is 16.4 Å². The van der Waals surface area contributed by atoms with Crippen LogP contribution in [0.3, 0.4) is 0 Å². The SMILES string of the molecule is C=CC(=O)N[C@H]1CCCN(S(=O)(=O)c2ccc(C(=O)NCCc3ccccc3)o2)C1. The summed E-state index contributed by atoms with van der Waals surface area (Å²) in [5.41, 5.74) is 1.09. The highest BCUT2D eigenvalue weighted by atomic mass is 32.2. The number of piperidine rings is 1. The van der Waals surface area contributed by atoms with Crippen LogP contribution in [0.2, 0.25) is 0 Å². The summed E-state index contributed by atoms with van der Waals surface area (Å²) in [5, 5.41) is 5.17. The van der Waals surface area contributed by atoms with E-state index in [-0.39, 0.29) is 29.3 Å². The van der Waals surface area contributed by atoms with E-state index in [9.17, 15) is 18.0 Å². The molecule has 1 aliphatic heterocycles. The Bertz CT molecular complexity index is 1000. The Balaban J connectivity index is 1.60. The Morgan fingerprint density at radius 1 is 1.20 bits per heavy atom. The zero-order valence-electron chi connectivity index (χ0n) is 16.5. The highest BCUT2D eigenvalue weighted by molar-refractivity contribution is 7.89. The van der Waals surface area contributed by atoms with Crippen LogP contribution in [0.25, 0.3) is 0 Å². The van der Waals surface area contributed by atoms with E-state index in [0.717, 1.165) is 11.6 Å². The van der Waals surface area contributed by atoms with Gasteiger partial charge in [-0.05, 0) is 43.0 Å². The van der Waals surface area contributed by atoms with Crippen LogP contribution in [-0.4, -0.2) is 50.2 Å². The Morgan fingerprint density at radius 2 is 1.97 bits per heavy atom. The molecular weight excluding hydrogens is 406 g/mol. The minimum Gasteiger partial charge on any atom is -0.438 e. The molecule has 1 aliphatic rings. The monoisotopic (exact) mass is 431 g/mol. The van der Waals surface area contributed by atoms with Crippen LogP contribution in [-0.2, 0) is 21.2 Å². The second kappa shape index (κ2) is 9.73. The van der Waals surface area contributed by atoms with Gasteiger partial charge in [-0.3, -0.25) is 9.59 Å². The van der Waals surface area contributed by atoms with E-state index in [4.69, 9.17) is 4.42 Å². The minimum atomic E-state index is -3.90. The highest BCUT2D eigenvalue weighted by Gasteiger charge is 2.33. The van der Waals surface area contributed by atoms with Crippen molar-refractivity contribution in [2.24, 2.45) is 0 Å². The van der Waals surface area contributed by atoms with Gasteiger partial charge < -0.3 is 15.1 Å². The second-order valence-corrected chi connectivity index (χ2v) is 8.89. The molecule has 1 aromatic carbocycles. The first kappa shape index (κ1) is 21.8. The molecule has 0 aliphatic carbocycles. The van der Waals surface area contributed by atoms with Gasteiger partial charge in [-0.25, -0.2) is 8.42 Å². The Hall–Kier alpha value is -2.91. The smallest absolute Gasteiger partial charge is 0.287 e.